The summed E-state index contributed by atoms with van der Waals surface area (Å²) in [6, 6.07) is 0. The van der Waals surface area contributed by atoms with Crippen LogP contribution in [0.5, 0.6) is 0 Å². The van der Waals surface area contributed by atoms with Crippen LogP contribution < -0.4 is 10.0 Å². The molecular formula is C14H29N3O2S. The first-order chi connectivity index (χ1) is 9.55. The summed E-state index contributed by atoms with van der Waals surface area (Å²) in [4.78, 5) is 2.44. The van der Waals surface area contributed by atoms with Crippen molar-refractivity contribution in [3.63, 3.8) is 0 Å². The number of nitrogens with zero attached hydrogens (tertiary/aromatic N) is 1. The first-order valence-corrected chi connectivity index (χ1v) is 9.61. The van der Waals surface area contributed by atoms with E-state index in [4.69, 9.17) is 0 Å². The standard InChI is InChI=1S/C14H29N3O2S/c1-13(11-17-8-2-3-9-17)10-16-20(18,19)12-14-4-6-15-7-5-14/h13-16H,2-12H2,1H3. The number of hydrogen-bond donors (Lipinski definition) is 2. The fourth-order valence-corrected chi connectivity index (χ4v) is 4.77. The minimum atomic E-state index is -3.11. The quantitative estimate of drug-likeness (QED) is 0.724. The highest BCUT2D eigenvalue weighted by Gasteiger charge is 2.22. The number of rotatable bonds is 7. The van der Waals surface area contributed by atoms with Gasteiger partial charge in [-0.25, -0.2) is 13.1 Å². The maximum Gasteiger partial charge on any atom is 0.211 e. The smallest absolute Gasteiger partial charge is 0.211 e. The van der Waals surface area contributed by atoms with Gasteiger partial charge in [0.15, 0.2) is 0 Å². The zero-order valence-electron chi connectivity index (χ0n) is 12.6. The van der Waals surface area contributed by atoms with Crippen molar-refractivity contribution in [3.05, 3.63) is 0 Å². The summed E-state index contributed by atoms with van der Waals surface area (Å²) < 4.78 is 27.0. The summed E-state index contributed by atoms with van der Waals surface area (Å²) in [6.07, 6.45) is 4.52. The molecule has 2 fully saturated rings. The lowest BCUT2D eigenvalue weighted by Crippen LogP contribution is -2.38. The Morgan fingerprint density at radius 3 is 2.55 bits per heavy atom. The monoisotopic (exact) mass is 303 g/mol. The minimum Gasteiger partial charge on any atom is -0.317 e. The molecule has 0 aromatic rings. The van der Waals surface area contributed by atoms with Crippen LogP contribution in [0.1, 0.15) is 32.6 Å². The van der Waals surface area contributed by atoms with Crippen molar-refractivity contribution >= 4 is 10.0 Å². The third-order valence-electron chi connectivity index (χ3n) is 4.33. The molecule has 1 atom stereocenters. The Morgan fingerprint density at radius 1 is 1.25 bits per heavy atom. The Labute approximate surface area is 123 Å². The lowest BCUT2D eigenvalue weighted by molar-refractivity contribution is 0.288. The Balaban J connectivity index is 1.67. The molecular weight excluding hydrogens is 274 g/mol. The molecule has 0 spiro atoms. The van der Waals surface area contributed by atoms with Crippen LogP contribution in [0.3, 0.4) is 0 Å². The van der Waals surface area contributed by atoms with Crippen LogP contribution in [0.25, 0.3) is 0 Å². The number of hydrogen-bond acceptors (Lipinski definition) is 4. The predicted molar refractivity (Wildman–Crippen MR) is 82.2 cm³/mol. The van der Waals surface area contributed by atoms with Gasteiger partial charge in [0.2, 0.25) is 10.0 Å². The molecule has 0 radical (unpaired) electrons. The summed E-state index contributed by atoms with van der Waals surface area (Å²) in [6.45, 7) is 7.96. The summed E-state index contributed by atoms with van der Waals surface area (Å²) >= 11 is 0. The van der Waals surface area contributed by atoms with Gasteiger partial charge in [-0.3, -0.25) is 0 Å². The number of likely N-dealkylation sites (tertiary alicyclic amines) is 1. The fraction of sp³-hybridized carbons (Fsp3) is 1.00. The molecule has 2 rings (SSSR count). The third kappa shape index (κ3) is 5.68. The molecule has 5 nitrogen and oxygen atoms in total. The van der Waals surface area contributed by atoms with Crippen molar-refractivity contribution in [2.75, 3.05) is 45.0 Å². The van der Waals surface area contributed by atoms with Crippen LogP contribution in [0, 0.1) is 11.8 Å². The van der Waals surface area contributed by atoms with Crippen molar-refractivity contribution in [3.8, 4) is 0 Å². The molecule has 118 valence electrons. The molecule has 0 saturated carbocycles. The van der Waals surface area contributed by atoms with Gasteiger partial charge in [-0.2, -0.15) is 0 Å². The fourth-order valence-electron chi connectivity index (χ4n) is 3.16. The highest BCUT2D eigenvalue weighted by molar-refractivity contribution is 7.89. The molecule has 0 aliphatic carbocycles. The third-order valence-corrected chi connectivity index (χ3v) is 5.85. The van der Waals surface area contributed by atoms with Gasteiger partial charge in [0.1, 0.15) is 0 Å². The van der Waals surface area contributed by atoms with E-state index in [9.17, 15) is 8.42 Å². The second kappa shape index (κ2) is 7.73. The Kier molecular flexibility index (Phi) is 6.26. The van der Waals surface area contributed by atoms with E-state index in [1.54, 1.807) is 0 Å². The molecule has 6 heteroatoms. The van der Waals surface area contributed by atoms with E-state index in [2.05, 4.69) is 21.9 Å². The van der Waals surface area contributed by atoms with E-state index in [1.165, 1.54) is 25.9 Å². The highest BCUT2D eigenvalue weighted by atomic mass is 32.2. The zero-order valence-corrected chi connectivity index (χ0v) is 13.4. The lowest BCUT2D eigenvalue weighted by Gasteiger charge is -2.23. The van der Waals surface area contributed by atoms with Gasteiger partial charge in [0.25, 0.3) is 0 Å². The van der Waals surface area contributed by atoms with Gasteiger partial charge in [-0.1, -0.05) is 6.92 Å². The van der Waals surface area contributed by atoms with Crippen molar-refractivity contribution in [2.45, 2.75) is 32.6 Å². The number of sulfonamides is 1. The van der Waals surface area contributed by atoms with E-state index < -0.39 is 10.0 Å². The van der Waals surface area contributed by atoms with Crippen LogP contribution in [-0.4, -0.2) is 58.3 Å². The van der Waals surface area contributed by atoms with Gasteiger partial charge in [-0.15, -0.1) is 0 Å². The molecule has 0 aromatic heterocycles. The number of piperidine rings is 1. The van der Waals surface area contributed by atoms with Gasteiger partial charge in [0.05, 0.1) is 5.75 Å². The van der Waals surface area contributed by atoms with Gasteiger partial charge in [-0.05, 0) is 63.7 Å². The topological polar surface area (TPSA) is 61.4 Å². The maximum absolute atomic E-state index is 12.1. The summed E-state index contributed by atoms with van der Waals surface area (Å²) in [5.74, 6) is 1.00. The summed E-state index contributed by atoms with van der Waals surface area (Å²) in [5, 5.41) is 3.27. The Bertz CT molecular complexity index is 374. The molecule has 0 bridgehead atoms. The van der Waals surface area contributed by atoms with Crippen molar-refractivity contribution in [1.29, 1.82) is 0 Å². The molecule has 2 N–H and O–H groups in total. The van der Waals surface area contributed by atoms with Gasteiger partial charge < -0.3 is 10.2 Å². The zero-order chi connectivity index (χ0) is 14.4. The maximum atomic E-state index is 12.1. The highest BCUT2D eigenvalue weighted by Crippen LogP contribution is 2.14. The molecule has 2 heterocycles. The summed E-state index contributed by atoms with van der Waals surface area (Å²) in [5.41, 5.74) is 0. The van der Waals surface area contributed by atoms with E-state index in [0.29, 0.717) is 24.1 Å². The van der Waals surface area contributed by atoms with Crippen LogP contribution >= 0.6 is 0 Å². The van der Waals surface area contributed by atoms with Crippen LogP contribution in [0.2, 0.25) is 0 Å². The number of nitrogens with one attached hydrogen (secondary N) is 2. The molecule has 2 saturated heterocycles. The average Bonchev–Trinajstić information content (AvgIpc) is 2.90. The van der Waals surface area contributed by atoms with E-state index in [-0.39, 0.29) is 0 Å². The summed E-state index contributed by atoms with van der Waals surface area (Å²) in [7, 11) is -3.11. The predicted octanol–water partition coefficient (Wildman–Crippen LogP) is 0.637. The largest absolute Gasteiger partial charge is 0.317 e. The van der Waals surface area contributed by atoms with E-state index in [1.807, 2.05) is 0 Å². The lowest BCUT2D eigenvalue weighted by atomic mass is 10.0. The Hall–Kier alpha value is -0.170. The van der Waals surface area contributed by atoms with Gasteiger partial charge in [0, 0.05) is 13.1 Å². The second-order valence-electron chi connectivity index (χ2n) is 6.44. The van der Waals surface area contributed by atoms with Crippen LogP contribution in [0.4, 0.5) is 0 Å². The van der Waals surface area contributed by atoms with Crippen molar-refractivity contribution in [1.82, 2.24) is 14.9 Å². The SMILES string of the molecule is CC(CNS(=O)(=O)CC1CCNCC1)CN1CCCC1. The normalized spacial score (nSPS) is 24.1. The first-order valence-electron chi connectivity index (χ1n) is 7.95. The molecule has 2 aliphatic rings. The minimum absolute atomic E-state index is 0.297. The van der Waals surface area contributed by atoms with E-state index in [0.717, 1.165) is 32.5 Å². The molecule has 2 aliphatic heterocycles. The molecule has 0 amide bonds. The van der Waals surface area contributed by atoms with Crippen LogP contribution in [-0.2, 0) is 10.0 Å². The second-order valence-corrected chi connectivity index (χ2v) is 8.29. The Morgan fingerprint density at radius 2 is 1.90 bits per heavy atom. The molecule has 20 heavy (non-hydrogen) atoms. The van der Waals surface area contributed by atoms with Crippen molar-refractivity contribution in [2.24, 2.45) is 11.8 Å². The van der Waals surface area contributed by atoms with Crippen molar-refractivity contribution < 1.29 is 8.42 Å². The molecule has 1 unspecified atom stereocenters. The van der Waals surface area contributed by atoms with Crippen LogP contribution in [0.15, 0.2) is 0 Å². The molecule has 0 aromatic carbocycles. The van der Waals surface area contributed by atoms with E-state index >= 15 is 0 Å². The first kappa shape index (κ1) is 16.2. The average molecular weight is 303 g/mol. The van der Waals surface area contributed by atoms with Gasteiger partial charge >= 0.3 is 0 Å².